The number of hydrogen-bond donors (Lipinski definition) is 1. The summed E-state index contributed by atoms with van der Waals surface area (Å²) in [4.78, 5) is 31.1. The predicted molar refractivity (Wildman–Crippen MR) is 108 cm³/mol. The van der Waals surface area contributed by atoms with Crippen LogP contribution in [0.15, 0.2) is 24.8 Å². The van der Waals surface area contributed by atoms with Crippen LogP contribution < -0.4 is 0 Å². The topological polar surface area (TPSA) is 82.1 Å². The van der Waals surface area contributed by atoms with Crippen LogP contribution in [0.1, 0.15) is 78.1 Å². The van der Waals surface area contributed by atoms with Crippen LogP contribution in [0.25, 0.3) is 0 Å². The van der Waals surface area contributed by atoms with Crippen LogP contribution >= 0.6 is 0 Å². The minimum absolute atomic E-state index is 0.0608. The molecular weight excluding hydrogens is 360 g/mol. The van der Waals surface area contributed by atoms with Gasteiger partial charge in [0.2, 0.25) is 0 Å². The van der Waals surface area contributed by atoms with Crippen LogP contribution in [0, 0.1) is 5.92 Å². The van der Waals surface area contributed by atoms with E-state index >= 15 is 0 Å². The van der Waals surface area contributed by atoms with Gasteiger partial charge in [0.25, 0.3) is 0 Å². The molecule has 2 aliphatic rings. The van der Waals surface area contributed by atoms with Crippen molar-refractivity contribution in [1.82, 2.24) is 0 Å². The monoisotopic (exact) mass is 396 g/mol. The first-order valence-corrected chi connectivity index (χ1v) is 10.4. The van der Waals surface area contributed by atoms with Gasteiger partial charge in [-0.05, 0) is 51.0 Å². The van der Waals surface area contributed by atoms with Gasteiger partial charge in [0.05, 0.1) is 6.10 Å². The summed E-state index contributed by atoms with van der Waals surface area (Å²) in [6, 6.07) is 0. The van der Waals surface area contributed by atoms with E-state index < -0.39 is 12.1 Å². The third-order valence-electron chi connectivity index (χ3n) is 5.10. The molecule has 6 nitrogen and oxygen atoms in total. The maximum atomic E-state index is 10.8. The standard InChI is InChI=1S/2C11H18O3/c1-3-6-10-7-4-5-8-11(10)14-13-9(2)12;1-2-6-10(11(12)13)14-9-7-4-3-5-8-9/h3,10-11H,1,4-8H2,2H3;2,6,9-10H,3-5,7-8H2,1H3,(H,12,13). The molecule has 0 saturated heterocycles. The number of aliphatic carboxylic acids is 1. The summed E-state index contributed by atoms with van der Waals surface area (Å²) < 4.78 is 5.51. The van der Waals surface area contributed by atoms with Crippen molar-refractivity contribution in [1.29, 1.82) is 0 Å². The van der Waals surface area contributed by atoms with E-state index in [2.05, 4.69) is 11.5 Å². The highest BCUT2D eigenvalue weighted by atomic mass is 17.2. The lowest BCUT2D eigenvalue weighted by Crippen LogP contribution is -2.28. The van der Waals surface area contributed by atoms with Crippen LogP contribution in [0.3, 0.4) is 0 Å². The maximum Gasteiger partial charge on any atom is 0.339 e. The molecule has 0 aliphatic heterocycles. The molecule has 1 N–H and O–H groups in total. The molecule has 28 heavy (non-hydrogen) atoms. The Balaban J connectivity index is 0.000000280. The van der Waals surface area contributed by atoms with Gasteiger partial charge in [-0.2, -0.15) is 4.89 Å². The largest absolute Gasteiger partial charge is 0.479 e. The molecule has 160 valence electrons. The summed E-state index contributed by atoms with van der Waals surface area (Å²) in [6.45, 7) is 6.88. The van der Waals surface area contributed by atoms with E-state index in [1.54, 1.807) is 19.1 Å². The summed E-state index contributed by atoms with van der Waals surface area (Å²) in [6.07, 6.45) is 15.7. The van der Waals surface area contributed by atoms with Crippen molar-refractivity contribution >= 4 is 11.9 Å². The number of hydrogen-bond acceptors (Lipinski definition) is 5. The smallest absolute Gasteiger partial charge is 0.339 e. The minimum Gasteiger partial charge on any atom is -0.479 e. The summed E-state index contributed by atoms with van der Waals surface area (Å²) in [5.74, 6) is -0.817. The van der Waals surface area contributed by atoms with E-state index in [-0.39, 0.29) is 18.2 Å². The molecule has 0 aromatic rings. The van der Waals surface area contributed by atoms with Crippen molar-refractivity contribution in [2.45, 2.75) is 96.4 Å². The zero-order chi connectivity index (χ0) is 20.8. The quantitative estimate of drug-likeness (QED) is 0.354. The molecule has 2 rings (SSSR count). The highest BCUT2D eigenvalue weighted by Gasteiger charge is 2.26. The van der Waals surface area contributed by atoms with Gasteiger partial charge >= 0.3 is 11.9 Å². The van der Waals surface area contributed by atoms with Crippen LogP contribution in [0.4, 0.5) is 0 Å². The Morgan fingerprint density at radius 1 is 1.11 bits per heavy atom. The fraction of sp³-hybridized carbons (Fsp3) is 0.727. The van der Waals surface area contributed by atoms with Gasteiger partial charge < -0.3 is 9.84 Å². The van der Waals surface area contributed by atoms with E-state index in [0.717, 1.165) is 51.4 Å². The summed E-state index contributed by atoms with van der Waals surface area (Å²) in [5, 5.41) is 8.86. The number of carboxylic acid groups (broad SMARTS) is 1. The lowest BCUT2D eigenvalue weighted by Gasteiger charge is -2.28. The molecule has 0 amide bonds. The molecule has 0 radical (unpaired) electrons. The molecule has 3 atom stereocenters. The molecule has 0 spiro atoms. The van der Waals surface area contributed by atoms with Crippen molar-refractivity contribution in [3.05, 3.63) is 24.8 Å². The van der Waals surface area contributed by atoms with Gasteiger partial charge in [0.15, 0.2) is 6.10 Å². The van der Waals surface area contributed by atoms with Crippen molar-refractivity contribution < 1.29 is 29.2 Å². The normalized spacial score (nSPS) is 24.1. The summed E-state index contributed by atoms with van der Waals surface area (Å²) in [5.41, 5.74) is 0. The number of allylic oxidation sites excluding steroid dienone is 2. The van der Waals surface area contributed by atoms with Crippen LogP contribution in [-0.4, -0.2) is 35.4 Å². The van der Waals surface area contributed by atoms with Gasteiger partial charge in [0.1, 0.15) is 6.10 Å². The van der Waals surface area contributed by atoms with E-state index in [1.807, 2.05) is 6.08 Å². The van der Waals surface area contributed by atoms with Crippen molar-refractivity contribution in [3.63, 3.8) is 0 Å². The number of carboxylic acids is 1. The highest BCUT2D eigenvalue weighted by molar-refractivity contribution is 5.74. The van der Waals surface area contributed by atoms with Crippen LogP contribution in [0.5, 0.6) is 0 Å². The third kappa shape index (κ3) is 10.0. The lowest BCUT2D eigenvalue weighted by molar-refractivity contribution is -0.308. The number of rotatable bonds is 8. The van der Waals surface area contributed by atoms with Crippen molar-refractivity contribution in [3.8, 4) is 0 Å². The molecule has 0 aromatic carbocycles. The first-order valence-electron chi connectivity index (χ1n) is 10.4. The van der Waals surface area contributed by atoms with Crippen molar-refractivity contribution in [2.75, 3.05) is 0 Å². The third-order valence-corrected chi connectivity index (χ3v) is 5.10. The van der Waals surface area contributed by atoms with Gasteiger partial charge in [-0.25, -0.2) is 9.59 Å². The molecule has 2 aliphatic carbocycles. The second-order valence-electron chi connectivity index (χ2n) is 7.46. The second-order valence-corrected chi connectivity index (χ2v) is 7.46. The Hall–Kier alpha value is -1.66. The highest BCUT2D eigenvalue weighted by Crippen LogP contribution is 2.29. The van der Waals surface area contributed by atoms with E-state index in [4.69, 9.17) is 14.7 Å². The first-order chi connectivity index (χ1) is 13.5. The second kappa shape index (κ2) is 14.4. The zero-order valence-corrected chi connectivity index (χ0v) is 17.3. The number of ether oxygens (including phenoxy) is 1. The van der Waals surface area contributed by atoms with E-state index in [9.17, 15) is 9.59 Å². The van der Waals surface area contributed by atoms with Gasteiger partial charge in [-0.1, -0.05) is 44.3 Å². The molecule has 6 heteroatoms. The lowest BCUT2D eigenvalue weighted by atomic mass is 9.84. The molecule has 3 unspecified atom stereocenters. The van der Waals surface area contributed by atoms with Gasteiger partial charge in [0, 0.05) is 6.92 Å². The fourth-order valence-electron chi connectivity index (χ4n) is 3.68. The van der Waals surface area contributed by atoms with Gasteiger partial charge in [-0.15, -0.1) is 6.58 Å². The summed E-state index contributed by atoms with van der Waals surface area (Å²) >= 11 is 0. The van der Waals surface area contributed by atoms with Crippen LogP contribution in [0.2, 0.25) is 0 Å². The SMILES string of the molecule is C=CCC1CCCCC1OOC(C)=O.CC=CC(OC1CCCCC1)C(=O)O. The van der Waals surface area contributed by atoms with E-state index in [0.29, 0.717) is 5.92 Å². The summed E-state index contributed by atoms with van der Waals surface area (Å²) in [7, 11) is 0. The zero-order valence-electron chi connectivity index (χ0n) is 17.3. The number of carbonyl (C=O) groups excluding carboxylic acids is 1. The Labute approximate surface area is 168 Å². The van der Waals surface area contributed by atoms with Gasteiger partial charge in [-0.3, -0.25) is 4.89 Å². The minimum atomic E-state index is -0.895. The van der Waals surface area contributed by atoms with E-state index in [1.165, 1.54) is 19.8 Å². The molecular formula is C22H36O6. The predicted octanol–water partition coefficient (Wildman–Crippen LogP) is 4.98. The molecule has 0 heterocycles. The van der Waals surface area contributed by atoms with Crippen molar-refractivity contribution in [2.24, 2.45) is 5.92 Å². The maximum absolute atomic E-state index is 10.8. The Bertz CT molecular complexity index is 495. The fourth-order valence-corrected chi connectivity index (χ4v) is 3.68. The average molecular weight is 397 g/mol. The average Bonchev–Trinajstić information content (AvgIpc) is 2.68. The molecule has 2 fully saturated rings. The first kappa shape index (κ1) is 24.4. The molecule has 2 saturated carbocycles. The Kier molecular flexibility index (Phi) is 12.5. The Morgan fingerprint density at radius 2 is 1.75 bits per heavy atom. The molecule has 0 bridgehead atoms. The number of carbonyl (C=O) groups is 2. The van der Waals surface area contributed by atoms with Crippen LogP contribution in [-0.2, 0) is 24.1 Å². The Morgan fingerprint density at radius 3 is 2.32 bits per heavy atom. The molecule has 0 aromatic heterocycles.